The number of para-hydroxylation sites is 1. The molecule has 140 valence electrons. The predicted octanol–water partition coefficient (Wildman–Crippen LogP) is 2.94. The van der Waals surface area contributed by atoms with Crippen molar-refractivity contribution in [1.82, 2.24) is 20.0 Å². The molecule has 1 saturated heterocycles. The number of benzene rings is 1. The van der Waals surface area contributed by atoms with Crippen LogP contribution in [0, 0.1) is 0 Å². The van der Waals surface area contributed by atoms with Gasteiger partial charge in [-0.05, 0) is 44.1 Å². The molecular formula is C20H28N4O2. The molecule has 2 aromatic rings. The molecule has 1 N–H and O–H groups in total. The molecule has 0 unspecified atom stereocenters. The number of hydrogen-bond donors (Lipinski definition) is 1. The van der Waals surface area contributed by atoms with Crippen LogP contribution >= 0.6 is 0 Å². The molecule has 26 heavy (non-hydrogen) atoms. The van der Waals surface area contributed by atoms with E-state index in [1.807, 2.05) is 37.4 Å². The highest BCUT2D eigenvalue weighted by Gasteiger charge is 2.17. The standard InChI is InChI=1S/C20H28N4O2/c1-23(13-14-24-11-7-2-3-8-12-24)20(25)19-15-17(21-22-19)16-26-18-9-5-4-6-10-18/h4-6,9-10,15H,2-3,7-8,11-14,16H2,1H3,(H,21,22). The Kier molecular flexibility index (Phi) is 6.66. The van der Waals surface area contributed by atoms with E-state index < -0.39 is 0 Å². The van der Waals surface area contributed by atoms with Crippen molar-refractivity contribution in [2.24, 2.45) is 0 Å². The van der Waals surface area contributed by atoms with E-state index in [2.05, 4.69) is 15.1 Å². The largest absolute Gasteiger partial charge is 0.487 e. The molecule has 0 spiro atoms. The van der Waals surface area contributed by atoms with E-state index in [1.54, 1.807) is 11.0 Å². The van der Waals surface area contributed by atoms with Crippen LogP contribution in [0.1, 0.15) is 41.9 Å². The Morgan fingerprint density at radius 2 is 1.92 bits per heavy atom. The Balaban J connectivity index is 1.47. The van der Waals surface area contributed by atoms with Crippen LogP contribution in [0.2, 0.25) is 0 Å². The first-order chi connectivity index (χ1) is 12.7. The minimum Gasteiger partial charge on any atom is -0.487 e. The van der Waals surface area contributed by atoms with Crippen LogP contribution in [0.5, 0.6) is 5.75 Å². The number of carbonyl (C=O) groups is 1. The molecule has 1 amide bonds. The van der Waals surface area contributed by atoms with Gasteiger partial charge < -0.3 is 14.5 Å². The van der Waals surface area contributed by atoms with Gasteiger partial charge in [-0.1, -0.05) is 31.0 Å². The van der Waals surface area contributed by atoms with Crippen molar-refractivity contribution < 1.29 is 9.53 Å². The van der Waals surface area contributed by atoms with E-state index in [0.29, 0.717) is 12.3 Å². The lowest BCUT2D eigenvalue weighted by molar-refractivity contribution is 0.0772. The van der Waals surface area contributed by atoms with Gasteiger partial charge in [-0.3, -0.25) is 9.89 Å². The number of nitrogens with zero attached hydrogens (tertiary/aromatic N) is 3. The summed E-state index contributed by atoms with van der Waals surface area (Å²) in [4.78, 5) is 16.8. The summed E-state index contributed by atoms with van der Waals surface area (Å²) in [6.45, 7) is 4.30. The lowest BCUT2D eigenvalue weighted by Crippen LogP contribution is -2.37. The maximum atomic E-state index is 12.6. The number of likely N-dealkylation sites (tertiary alicyclic amines) is 1. The van der Waals surface area contributed by atoms with Crippen molar-refractivity contribution in [3.63, 3.8) is 0 Å². The zero-order chi connectivity index (χ0) is 18.2. The van der Waals surface area contributed by atoms with Crippen molar-refractivity contribution >= 4 is 5.91 Å². The molecule has 0 atom stereocenters. The second-order valence-electron chi connectivity index (χ2n) is 6.86. The van der Waals surface area contributed by atoms with Crippen molar-refractivity contribution in [1.29, 1.82) is 0 Å². The molecule has 1 fully saturated rings. The summed E-state index contributed by atoms with van der Waals surface area (Å²) >= 11 is 0. The SMILES string of the molecule is CN(CCN1CCCCCC1)C(=O)c1cc(COc2ccccc2)[nH]n1. The summed E-state index contributed by atoms with van der Waals surface area (Å²) in [6.07, 6.45) is 5.18. The number of aromatic nitrogens is 2. The fraction of sp³-hybridized carbons (Fsp3) is 0.500. The number of hydrogen-bond acceptors (Lipinski definition) is 4. The van der Waals surface area contributed by atoms with Crippen LogP contribution in [-0.4, -0.2) is 59.1 Å². The first kappa shape index (κ1) is 18.5. The average molecular weight is 356 g/mol. The summed E-state index contributed by atoms with van der Waals surface area (Å²) < 4.78 is 5.68. The molecule has 1 aromatic carbocycles. The van der Waals surface area contributed by atoms with Crippen molar-refractivity contribution in [3.05, 3.63) is 47.8 Å². The van der Waals surface area contributed by atoms with E-state index >= 15 is 0 Å². The lowest BCUT2D eigenvalue weighted by atomic mass is 10.2. The van der Waals surface area contributed by atoms with Gasteiger partial charge in [0.1, 0.15) is 12.4 Å². The highest BCUT2D eigenvalue weighted by atomic mass is 16.5. The van der Waals surface area contributed by atoms with Gasteiger partial charge in [0.05, 0.1) is 5.69 Å². The first-order valence-electron chi connectivity index (χ1n) is 9.42. The Morgan fingerprint density at radius 3 is 2.65 bits per heavy atom. The monoisotopic (exact) mass is 356 g/mol. The van der Waals surface area contributed by atoms with E-state index in [9.17, 15) is 4.79 Å². The van der Waals surface area contributed by atoms with Gasteiger partial charge in [0.2, 0.25) is 0 Å². The van der Waals surface area contributed by atoms with Crippen LogP contribution in [0.3, 0.4) is 0 Å². The summed E-state index contributed by atoms with van der Waals surface area (Å²) in [7, 11) is 1.84. The molecule has 6 heteroatoms. The van der Waals surface area contributed by atoms with Crippen LogP contribution in [0.4, 0.5) is 0 Å². The molecule has 0 bridgehead atoms. The molecule has 0 radical (unpaired) electrons. The van der Waals surface area contributed by atoms with Crippen molar-refractivity contribution in [2.75, 3.05) is 33.2 Å². The Hall–Kier alpha value is -2.34. The number of likely N-dealkylation sites (N-methyl/N-ethyl adjacent to an activating group) is 1. The Morgan fingerprint density at radius 1 is 1.19 bits per heavy atom. The van der Waals surface area contributed by atoms with Gasteiger partial charge in [0.25, 0.3) is 5.91 Å². The van der Waals surface area contributed by atoms with E-state index in [0.717, 1.165) is 37.6 Å². The van der Waals surface area contributed by atoms with Crippen LogP contribution in [0.15, 0.2) is 36.4 Å². The molecule has 0 saturated carbocycles. The topological polar surface area (TPSA) is 61.5 Å². The van der Waals surface area contributed by atoms with Gasteiger partial charge in [0.15, 0.2) is 5.69 Å². The Bertz CT molecular complexity index is 678. The van der Waals surface area contributed by atoms with Crippen LogP contribution < -0.4 is 4.74 Å². The fourth-order valence-electron chi connectivity index (χ4n) is 3.17. The quantitative estimate of drug-likeness (QED) is 0.829. The Labute approximate surface area is 155 Å². The van der Waals surface area contributed by atoms with Gasteiger partial charge in [-0.15, -0.1) is 0 Å². The second kappa shape index (κ2) is 9.38. The highest BCUT2D eigenvalue weighted by Crippen LogP contribution is 2.12. The molecule has 2 heterocycles. The summed E-state index contributed by atoms with van der Waals surface area (Å²) in [6, 6.07) is 11.4. The smallest absolute Gasteiger partial charge is 0.274 e. The molecule has 1 aliphatic heterocycles. The minimum atomic E-state index is -0.0537. The predicted molar refractivity (Wildman–Crippen MR) is 101 cm³/mol. The number of carbonyl (C=O) groups excluding carboxylic acids is 1. The zero-order valence-corrected chi connectivity index (χ0v) is 15.5. The summed E-state index contributed by atoms with van der Waals surface area (Å²) in [5, 5.41) is 7.04. The fourth-order valence-corrected chi connectivity index (χ4v) is 3.17. The normalized spacial score (nSPS) is 15.4. The average Bonchev–Trinajstić information content (AvgIpc) is 3.00. The van der Waals surface area contributed by atoms with Gasteiger partial charge >= 0.3 is 0 Å². The number of ether oxygens (including phenoxy) is 1. The summed E-state index contributed by atoms with van der Waals surface area (Å²) in [5.74, 6) is 0.742. The third kappa shape index (κ3) is 5.33. The molecule has 1 aromatic heterocycles. The summed E-state index contributed by atoms with van der Waals surface area (Å²) in [5.41, 5.74) is 1.23. The first-order valence-corrected chi connectivity index (χ1v) is 9.42. The molecule has 1 aliphatic rings. The van der Waals surface area contributed by atoms with E-state index in [-0.39, 0.29) is 5.91 Å². The second-order valence-corrected chi connectivity index (χ2v) is 6.86. The van der Waals surface area contributed by atoms with Crippen molar-refractivity contribution in [2.45, 2.75) is 32.3 Å². The molecule has 3 rings (SSSR count). The van der Waals surface area contributed by atoms with Crippen LogP contribution in [-0.2, 0) is 6.61 Å². The zero-order valence-electron chi connectivity index (χ0n) is 15.5. The number of rotatable bonds is 7. The van der Waals surface area contributed by atoms with Crippen LogP contribution in [0.25, 0.3) is 0 Å². The number of aromatic amines is 1. The highest BCUT2D eigenvalue weighted by molar-refractivity contribution is 5.92. The van der Waals surface area contributed by atoms with E-state index in [4.69, 9.17) is 4.74 Å². The third-order valence-corrected chi connectivity index (χ3v) is 4.78. The van der Waals surface area contributed by atoms with E-state index in [1.165, 1.54) is 25.7 Å². The molecule has 0 aliphatic carbocycles. The maximum Gasteiger partial charge on any atom is 0.274 e. The molecular weight excluding hydrogens is 328 g/mol. The molecule has 6 nitrogen and oxygen atoms in total. The number of amides is 1. The number of nitrogens with one attached hydrogen (secondary N) is 1. The van der Waals surface area contributed by atoms with Gasteiger partial charge in [0, 0.05) is 20.1 Å². The number of H-pyrrole nitrogens is 1. The van der Waals surface area contributed by atoms with Crippen molar-refractivity contribution in [3.8, 4) is 5.75 Å². The van der Waals surface area contributed by atoms with Gasteiger partial charge in [-0.25, -0.2) is 0 Å². The third-order valence-electron chi connectivity index (χ3n) is 4.78. The van der Waals surface area contributed by atoms with Gasteiger partial charge in [-0.2, -0.15) is 5.10 Å². The maximum absolute atomic E-state index is 12.6. The lowest BCUT2D eigenvalue weighted by Gasteiger charge is -2.23. The minimum absolute atomic E-state index is 0.0537.